The van der Waals surface area contributed by atoms with Crippen molar-refractivity contribution >= 4 is 27.5 Å². The van der Waals surface area contributed by atoms with Crippen molar-refractivity contribution < 1.29 is 31.2 Å². The average Bonchev–Trinajstić information content (AvgIpc) is 2.78. The summed E-state index contributed by atoms with van der Waals surface area (Å²) in [6.07, 6.45) is -3.20. The predicted octanol–water partition coefficient (Wildman–Crippen LogP) is 3.41. The first-order valence-corrected chi connectivity index (χ1v) is 12.5. The molecule has 186 valence electrons. The van der Waals surface area contributed by atoms with Crippen molar-refractivity contribution in [2.45, 2.75) is 39.0 Å². The van der Waals surface area contributed by atoms with E-state index in [1.54, 1.807) is 30.3 Å². The lowest BCUT2D eigenvalue weighted by Gasteiger charge is -2.31. The van der Waals surface area contributed by atoms with E-state index in [1.165, 1.54) is 17.9 Å². The van der Waals surface area contributed by atoms with Crippen molar-refractivity contribution in [2.24, 2.45) is 0 Å². The summed E-state index contributed by atoms with van der Waals surface area (Å²) in [6.45, 7) is 3.03. The highest BCUT2D eigenvalue weighted by Gasteiger charge is 2.33. The van der Waals surface area contributed by atoms with Crippen LogP contribution in [0.3, 0.4) is 0 Å². The van der Waals surface area contributed by atoms with Gasteiger partial charge in [0.05, 0.1) is 17.5 Å². The van der Waals surface area contributed by atoms with Crippen molar-refractivity contribution in [1.29, 1.82) is 0 Å². The summed E-state index contributed by atoms with van der Waals surface area (Å²) in [6, 6.07) is 11.6. The minimum absolute atomic E-state index is 0.0145. The Kier molecular flexibility index (Phi) is 9.08. The Bertz CT molecular complexity index is 1090. The van der Waals surface area contributed by atoms with E-state index in [9.17, 15) is 31.2 Å². The summed E-state index contributed by atoms with van der Waals surface area (Å²) in [5.74, 6) is -1.15. The fraction of sp³-hybridized carbons (Fsp3) is 0.391. The zero-order valence-corrected chi connectivity index (χ0v) is 20.0. The third-order valence-corrected chi connectivity index (χ3v) is 6.19. The molecule has 2 aromatic carbocycles. The second-order valence-electron chi connectivity index (χ2n) is 7.79. The highest BCUT2D eigenvalue weighted by molar-refractivity contribution is 7.92. The fourth-order valence-corrected chi connectivity index (χ4v) is 4.05. The van der Waals surface area contributed by atoms with Gasteiger partial charge < -0.3 is 10.2 Å². The zero-order chi connectivity index (χ0) is 25.5. The van der Waals surface area contributed by atoms with Crippen molar-refractivity contribution in [3.63, 3.8) is 0 Å². The van der Waals surface area contributed by atoms with Crippen LogP contribution in [-0.4, -0.2) is 50.5 Å². The molecule has 0 aliphatic carbocycles. The summed E-state index contributed by atoms with van der Waals surface area (Å²) in [5.41, 5.74) is -0.635. The molecule has 2 amide bonds. The topological polar surface area (TPSA) is 86.8 Å². The molecule has 0 fully saturated rings. The summed E-state index contributed by atoms with van der Waals surface area (Å²) in [5, 5.41) is 2.70. The van der Waals surface area contributed by atoms with Crippen molar-refractivity contribution in [1.82, 2.24) is 10.2 Å². The maximum absolute atomic E-state index is 13.3. The smallest absolute Gasteiger partial charge is 0.354 e. The molecule has 1 atom stereocenters. The molecule has 2 rings (SSSR count). The molecule has 2 aromatic rings. The molecule has 0 heterocycles. The van der Waals surface area contributed by atoms with Crippen LogP contribution in [0.15, 0.2) is 54.6 Å². The molecular formula is C23H28F3N3O4S. The third-order valence-electron chi connectivity index (χ3n) is 5.05. The SMILES string of the molecule is CCCNC(=O)C(C)N(Cc1ccccc1)C(=O)CN(c1cccc(C(F)(F)F)c1)S(C)(=O)=O. The van der Waals surface area contributed by atoms with Crippen LogP contribution in [0.4, 0.5) is 18.9 Å². The van der Waals surface area contributed by atoms with Crippen LogP contribution in [-0.2, 0) is 32.3 Å². The van der Waals surface area contributed by atoms with Crippen LogP contribution in [0.1, 0.15) is 31.4 Å². The molecule has 34 heavy (non-hydrogen) atoms. The molecule has 0 saturated carbocycles. The van der Waals surface area contributed by atoms with Gasteiger partial charge in [-0.3, -0.25) is 13.9 Å². The second kappa shape index (κ2) is 11.4. The summed E-state index contributed by atoms with van der Waals surface area (Å²) in [4.78, 5) is 27.1. The van der Waals surface area contributed by atoms with Crippen LogP contribution < -0.4 is 9.62 Å². The fourth-order valence-electron chi connectivity index (χ4n) is 3.21. The van der Waals surface area contributed by atoms with Gasteiger partial charge in [0.15, 0.2) is 0 Å². The van der Waals surface area contributed by atoms with Crippen LogP contribution in [0.25, 0.3) is 0 Å². The van der Waals surface area contributed by atoms with Crippen molar-refractivity contribution in [3.05, 3.63) is 65.7 Å². The molecule has 0 aliphatic rings. The number of sulfonamides is 1. The predicted molar refractivity (Wildman–Crippen MR) is 123 cm³/mol. The van der Waals surface area contributed by atoms with Gasteiger partial charge in [0.25, 0.3) is 0 Å². The Hall–Kier alpha value is -3.08. The molecule has 7 nitrogen and oxygen atoms in total. The number of alkyl halides is 3. The maximum atomic E-state index is 13.3. The van der Waals surface area contributed by atoms with E-state index < -0.39 is 46.2 Å². The van der Waals surface area contributed by atoms with Gasteiger partial charge in [-0.2, -0.15) is 13.2 Å². The first kappa shape index (κ1) is 27.2. The van der Waals surface area contributed by atoms with Crippen LogP contribution in [0.5, 0.6) is 0 Å². The number of nitrogens with zero attached hydrogens (tertiary/aromatic N) is 2. The Morgan fingerprint density at radius 2 is 1.71 bits per heavy atom. The molecule has 0 radical (unpaired) electrons. The van der Waals surface area contributed by atoms with E-state index in [-0.39, 0.29) is 12.2 Å². The molecule has 1 unspecified atom stereocenters. The van der Waals surface area contributed by atoms with E-state index in [0.717, 1.165) is 18.4 Å². The Balaban J connectivity index is 2.40. The Labute approximate surface area is 197 Å². The lowest BCUT2D eigenvalue weighted by molar-refractivity contribution is -0.139. The Morgan fingerprint density at radius 3 is 2.26 bits per heavy atom. The average molecular weight is 500 g/mol. The number of hydrogen-bond donors (Lipinski definition) is 1. The lowest BCUT2D eigenvalue weighted by Crippen LogP contribution is -2.51. The first-order valence-electron chi connectivity index (χ1n) is 10.6. The molecule has 0 bridgehead atoms. The number of hydrogen-bond acceptors (Lipinski definition) is 4. The summed E-state index contributed by atoms with van der Waals surface area (Å²) in [7, 11) is -4.12. The molecular weight excluding hydrogens is 471 g/mol. The highest BCUT2D eigenvalue weighted by Crippen LogP contribution is 2.32. The number of amides is 2. The van der Waals surface area contributed by atoms with Gasteiger partial charge in [0, 0.05) is 13.1 Å². The van der Waals surface area contributed by atoms with Gasteiger partial charge in [0.1, 0.15) is 12.6 Å². The normalized spacial score (nSPS) is 12.6. The Morgan fingerprint density at radius 1 is 1.06 bits per heavy atom. The molecule has 0 saturated heterocycles. The number of nitrogens with one attached hydrogen (secondary N) is 1. The molecule has 1 N–H and O–H groups in total. The standard InChI is InChI=1S/C23H28F3N3O4S/c1-4-13-27-22(31)17(2)28(15-18-9-6-5-7-10-18)21(30)16-29(34(3,32)33)20-12-8-11-19(14-20)23(24,25)26/h5-12,14,17H,4,13,15-16H2,1-3H3,(H,27,31). The number of anilines is 1. The zero-order valence-electron chi connectivity index (χ0n) is 19.2. The third kappa shape index (κ3) is 7.47. The molecule has 0 aromatic heterocycles. The van der Waals surface area contributed by atoms with E-state index >= 15 is 0 Å². The summed E-state index contributed by atoms with van der Waals surface area (Å²) < 4.78 is 65.0. The minimum Gasteiger partial charge on any atom is -0.354 e. The van der Waals surface area contributed by atoms with Crippen LogP contribution in [0, 0.1) is 0 Å². The number of carbonyl (C=O) groups excluding carboxylic acids is 2. The minimum atomic E-state index is -4.69. The van der Waals surface area contributed by atoms with Gasteiger partial charge in [-0.05, 0) is 37.1 Å². The van der Waals surface area contributed by atoms with Gasteiger partial charge in [-0.25, -0.2) is 8.42 Å². The van der Waals surface area contributed by atoms with Gasteiger partial charge in [-0.1, -0.05) is 43.3 Å². The van der Waals surface area contributed by atoms with Gasteiger partial charge in [-0.15, -0.1) is 0 Å². The van der Waals surface area contributed by atoms with E-state index in [0.29, 0.717) is 28.9 Å². The molecule has 0 spiro atoms. The maximum Gasteiger partial charge on any atom is 0.416 e. The monoisotopic (exact) mass is 499 g/mol. The van der Waals surface area contributed by atoms with E-state index in [4.69, 9.17) is 0 Å². The quantitative estimate of drug-likeness (QED) is 0.543. The van der Waals surface area contributed by atoms with Gasteiger partial charge in [0.2, 0.25) is 21.8 Å². The van der Waals surface area contributed by atoms with Crippen molar-refractivity contribution in [2.75, 3.05) is 23.7 Å². The van der Waals surface area contributed by atoms with Crippen molar-refractivity contribution in [3.8, 4) is 0 Å². The number of carbonyl (C=O) groups is 2. The largest absolute Gasteiger partial charge is 0.416 e. The van der Waals surface area contributed by atoms with E-state index in [2.05, 4.69) is 5.32 Å². The number of halogens is 3. The second-order valence-corrected chi connectivity index (χ2v) is 9.70. The highest BCUT2D eigenvalue weighted by atomic mass is 32.2. The molecule has 11 heteroatoms. The van der Waals surface area contributed by atoms with Gasteiger partial charge >= 0.3 is 6.18 Å². The van der Waals surface area contributed by atoms with Crippen LogP contribution >= 0.6 is 0 Å². The first-order chi connectivity index (χ1) is 15.8. The lowest BCUT2D eigenvalue weighted by atomic mass is 10.1. The van der Waals surface area contributed by atoms with E-state index in [1.807, 2.05) is 6.92 Å². The summed E-state index contributed by atoms with van der Waals surface area (Å²) >= 11 is 0. The molecule has 0 aliphatic heterocycles. The van der Waals surface area contributed by atoms with Crippen LogP contribution in [0.2, 0.25) is 0 Å². The number of rotatable bonds is 10. The number of benzene rings is 2.